The van der Waals surface area contributed by atoms with Crippen molar-refractivity contribution in [1.29, 1.82) is 5.41 Å². The van der Waals surface area contributed by atoms with Crippen molar-refractivity contribution in [3.63, 3.8) is 0 Å². The molecule has 0 saturated carbocycles. The highest BCUT2D eigenvalue weighted by Crippen LogP contribution is 2.36. The van der Waals surface area contributed by atoms with Crippen LogP contribution in [0.5, 0.6) is 0 Å². The molecule has 2 rings (SSSR count). The summed E-state index contributed by atoms with van der Waals surface area (Å²) in [5, 5.41) is 7.00. The molecule has 0 aromatic heterocycles. The van der Waals surface area contributed by atoms with E-state index in [0.717, 1.165) is 11.0 Å². The van der Waals surface area contributed by atoms with Gasteiger partial charge in [-0.1, -0.05) is 12.1 Å². The van der Waals surface area contributed by atoms with Crippen molar-refractivity contribution in [2.24, 2.45) is 0 Å². The first-order valence-electron chi connectivity index (χ1n) is 6.13. The summed E-state index contributed by atoms with van der Waals surface area (Å²) in [6.45, 7) is 8.02. The molecule has 1 unspecified atom stereocenters. The predicted molar refractivity (Wildman–Crippen MR) is 77.4 cm³/mol. The zero-order chi connectivity index (χ0) is 14.3. The van der Waals surface area contributed by atoms with Crippen LogP contribution in [-0.4, -0.2) is 28.4 Å². The number of hydrogen-bond donors (Lipinski definition) is 1. The molecule has 0 amide bonds. The summed E-state index contributed by atoms with van der Waals surface area (Å²) in [4.78, 5) is 0.607. The summed E-state index contributed by atoms with van der Waals surface area (Å²) in [7, 11) is -0.410. The lowest BCUT2D eigenvalue weighted by Gasteiger charge is -2.32. The molecule has 1 atom stereocenters. The molecule has 1 N–H and O–H groups in total. The first-order chi connectivity index (χ1) is 8.77. The quantitative estimate of drug-likeness (QED) is 0.396. The number of benzene rings is 1. The highest BCUT2D eigenvalue weighted by molar-refractivity contribution is 8.04. The smallest absolute Gasteiger partial charge is 0.494 e. The Morgan fingerprint density at radius 2 is 1.58 bits per heavy atom. The molecule has 1 fully saturated rings. The van der Waals surface area contributed by atoms with E-state index in [4.69, 9.17) is 14.7 Å². The van der Waals surface area contributed by atoms with E-state index in [1.54, 1.807) is 12.1 Å². The standard InChI is InChI=1S/C13H18BNO3S/c1-12(2)13(3,4)18-14(17-12)10-5-7-11(8-6-10)19(16)9-15/h5-9,15H,1-4H3. The molecule has 102 valence electrons. The summed E-state index contributed by atoms with van der Waals surface area (Å²) in [5.41, 5.74) is 1.08. The van der Waals surface area contributed by atoms with Gasteiger partial charge >= 0.3 is 7.12 Å². The minimum atomic E-state index is -1.37. The van der Waals surface area contributed by atoms with E-state index >= 15 is 0 Å². The van der Waals surface area contributed by atoms with Crippen molar-refractivity contribution in [2.75, 3.05) is 0 Å². The van der Waals surface area contributed by atoms with Crippen LogP contribution in [0.4, 0.5) is 0 Å². The molecular formula is C13H18BNO3S. The fourth-order valence-corrected chi connectivity index (χ4v) is 2.35. The Morgan fingerprint density at radius 3 is 2.00 bits per heavy atom. The molecule has 0 aliphatic carbocycles. The van der Waals surface area contributed by atoms with Crippen LogP contribution in [0.2, 0.25) is 0 Å². The maximum atomic E-state index is 11.5. The lowest BCUT2D eigenvalue weighted by atomic mass is 9.79. The first-order valence-corrected chi connectivity index (χ1v) is 7.35. The van der Waals surface area contributed by atoms with Gasteiger partial charge in [0.05, 0.1) is 11.2 Å². The summed E-state index contributed by atoms with van der Waals surface area (Å²) < 4.78 is 23.3. The molecule has 0 bridgehead atoms. The summed E-state index contributed by atoms with van der Waals surface area (Å²) >= 11 is -1.37. The minimum absolute atomic E-state index is 0.367. The van der Waals surface area contributed by atoms with Gasteiger partial charge in [-0.15, -0.1) is 0 Å². The Hall–Kier alpha value is -0.815. The summed E-state index contributed by atoms with van der Waals surface area (Å²) in [6, 6.07) is 7.14. The van der Waals surface area contributed by atoms with Crippen molar-refractivity contribution >= 4 is 29.3 Å². The Bertz CT molecular complexity index is 459. The Balaban J connectivity index is 2.19. The van der Waals surface area contributed by atoms with Crippen molar-refractivity contribution < 1.29 is 13.9 Å². The monoisotopic (exact) mass is 279 g/mol. The van der Waals surface area contributed by atoms with E-state index in [1.807, 2.05) is 39.8 Å². The lowest BCUT2D eigenvalue weighted by molar-refractivity contribution is 0.00578. The van der Waals surface area contributed by atoms with Crippen LogP contribution in [-0.2, 0) is 20.5 Å². The van der Waals surface area contributed by atoms with Gasteiger partial charge in [0.2, 0.25) is 5.55 Å². The van der Waals surface area contributed by atoms with Crippen LogP contribution in [0, 0.1) is 5.41 Å². The average molecular weight is 279 g/mol. The van der Waals surface area contributed by atoms with Gasteiger partial charge < -0.3 is 13.9 Å². The topological polar surface area (TPSA) is 65.4 Å². The molecular weight excluding hydrogens is 261 g/mol. The third-order valence-corrected chi connectivity index (χ3v) is 4.70. The van der Waals surface area contributed by atoms with Crippen LogP contribution in [0.25, 0.3) is 0 Å². The maximum Gasteiger partial charge on any atom is 0.494 e. The van der Waals surface area contributed by atoms with Crippen molar-refractivity contribution in [2.45, 2.75) is 43.8 Å². The van der Waals surface area contributed by atoms with Crippen LogP contribution < -0.4 is 5.46 Å². The van der Waals surface area contributed by atoms with E-state index in [9.17, 15) is 4.55 Å². The van der Waals surface area contributed by atoms with Crippen LogP contribution in [0.15, 0.2) is 29.2 Å². The summed E-state index contributed by atoms with van der Waals surface area (Å²) in [6.07, 6.45) is 0. The highest BCUT2D eigenvalue weighted by Gasteiger charge is 2.51. The second-order valence-corrected chi connectivity index (χ2v) is 6.87. The molecule has 1 aromatic carbocycles. The number of rotatable bonds is 3. The van der Waals surface area contributed by atoms with Crippen LogP contribution >= 0.6 is 0 Å². The molecule has 0 radical (unpaired) electrons. The van der Waals surface area contributed by atoms with Crippen molar-refractivity contribution in [3.8, 4) is 0 Å². The van der Waals surface area contributed by atoms with Gasteiger partial charge in [0.15, 0.2) is 4.90 Å². The fraction of sp³-hybridized carbons (Fsp3) is 0.462. The van der Waals surface area contributed by atoms with E-state index < -0.39 is 18.3 Å². The largest absolute Gasteiger partial charge is 0.606 e. The third-order valence-electron chi connectivity index (χ3n) is 3.74. The Morgan fingerprint density at radius 1 is 1.11 bits per heavy atom. The van der Waals surface area contributed by atoms with Crippen molar-refractivity contribution in [3.05, 3.63) is 24.3 Å². The Kier molecular flexibility index (Phi) is 3.79. The third kappa shape index (κ3) is 2.72. The molecule has 19 heavy (non-hydrogen) atoms. The molecule has 0 spiro atoms. The maximum absolute atomic E-state index is 11.5. The van der Waals surface area contributed by atoms with E-state index in [1.165, 1.54) is 0 Å². The molecule has 1 aliphatic rings. The second-order valence-electron chi connectivity index (χ2n) is 5.57. The molecule has 4 nitrogen and oxygen atoms in total. The average Bonchev–Trinajstić information content (AvgIpc) is 2.58. The molecule has 1 aliphatic heterocycles. The van der Waals surface area contributed by atoms with Crippen molar-refractivity contribution in [1.82, 2.24) is 0 Å². The Labute approximate surface area is 117 Å². The van der Waals surface area contributed by atoms with Gasteiger partial charge in [-0.05, 0) is 45.3 Å². The predicted octanol–water partition coefficient (Wildman–Crippen LogP) is 1.70. The molecule has 6 heteroatoms. The first kappa shape index (κ1) is 14.6. The van der Waals surface area contributed by atoms with Gasteiger partial charge in [0.25, 0.3) is 0 Å². The van der Waals surface area contributed by atoms with E-state index in [2.05, 4.69) is 0 Å². The normalized spacial score (nSPS) is 22.3. The zero-order valence-corrected chi connectivity index (χ0v) is 12.4. The highest BCUT2D eigenvalue weighted by atomic mass is 32.2. The number of nitrogens with one attached hydrogen (secondary N) is 1. The summed E-state index contributed by atoms with van der Waals surface area (Å²) in [5.74, 6) is 0. The van der Waals surface area contributed by atoms with E-state index in [0.29, 0.717) is 4.90 Å². The van der Waals surface area contributed by atoms with Gasteiger partial charge in [-0.3, -0.25) is 5.41 Å². The van der Waals surface area contributed by atoms with Crippen LogP contribution in [0.3, 0.4) is 0 Å². The second kappa shape index (κ2) is 4.94. The van der Waals surface area contributed by atoms with Gasteiger partial charge in [-0.25, -0.2) is 0 Å². The fourth-order valence-electron chi connectivity index (χ4n) is 1.81. The van der Waals surface area contributed by atoms with Gasteiger partial charge in [0.1, 0.15) is 0 Å². The molecule has 1 heterocycles. The zero-order valence-electron chi connectivity index (χ0n) is 11.6. The number of hydrogen-bond acceptors (Lipinski definition) is 4. The lowest BCUT2D eigenvalue weighted by Crippen LogP contribution is -2.41. The van der Waals surface area contributed by atoms with Gasteiger partial charge in [-0.2, -0.15) is 0 Å². The van der Waals surface area contributed by atoms with Gasteiger partial charge in [0, 0.05) is 11.2 Å². The molecule has 1 aromatic rings. The minimum Gasteiger partial charge on any atom is -0.606 e. The molecule has 1 saturated heterocycles. The SMILES string of the molecule is CC1(C)OB(c2ccc([S+]([O-])C=N)cc2)OC1(C)C. The van der Waals surface area contributed by atoms with E-state index in [-0.39, 0.29) is 11.2 Å². The van der Waals surface area contributed by atoms with Crippen LogP contribution in [0.1, 0.15) is 27.7 Å².